The minimum atomic E-state index is -1.05. The standard InChI is InChI=1S/C24H29FN4O2/c1-4-27-20-13-16(25)12-19-21(20)28-23(31)24(19,2)29-11-10-17(15-8-6-5-7-9-15)18(14-29)22(30)26-3/h5-9,12-13,17-18,27H,4,10-11,14H2,1-3H3,(H,26,30)(H,28,31)/t17-,18-,24+/m0/s1. The van der Waals surface area contributed by atoms with Crippen LogP contribution < -0.4 is 16.0 Å². The van der Waals surface area contributed by atoms with Gasteiger partial charge < -0.3 is 16.0 Å². The molecule has 6 nitrogen and oxygen atoms in total. The minimum Gasteiger partial charge on any atom is -0.384 e. The number of hydrogen-bond donors (Lipinski definition) is 3. The average molecular weight is 425 g/mol. The van der Waals surface area contributed by atoms with Gasteiger partial charge in [0.15, 0.2) is 0 Å². The number of nitrogens with zero attached hydrogens (tertiary/aromatic N) is 1. The summed E-state index contributed by atoms with van der Waals surface area (Å²) < 4.78 is 14.5. The van der Waals surface area contributed by atoms with Crippen molar-refractivity contribution in [2.45, 2.75) is 31.7 Å². The molecule has 2 aromatic rings. The Balaban J connectivity index is 1.71. The van der Waals surface area contributed by atoms with Crippen LogP contribution >= 0.6 is 0 Å². The highest BCUT2D eigenvalue weighted by Crippen LogP contribution is 2.47. The summed E-state index contributed by atoms with van der Waals surface area (Å²) in [5.74, 6) is -0.875. The zero-order valence-corrected chi connectivity index (χ0v) is 18.2. The van der Waals surface area contributed by atoms with E-state index in [1.807, 2.05) is 49.1 Å². The smallest absolute Gasteiger partial charge is 0.249 e. The van der Waals surface area contributed by atoms with Crippen LogP contribution in [-0.2, 0) is 15.1 Å². The molecular formula is C24H29FN4O2. The van der Waals surface area contributed by atoms with Crippen LogP contribution in [-0.4, -0.2) is 43.4 Å². The van der Waals surface area contributed by atoms with Crippen LogP contribution in [0.1, 0.15) is 37.3 Å². The lowest BCUT2D eigenvalue weighted by Gasteiger charge is -2.44. The summed E-state index contributed by atoms with van der Waals surface area (Å²) in [6.45, 7) is 5.41. The third-order valence-corrected chi connectivity index (χ3v) is 6.73. The van der Waals surface area contributed by atoms with E-state index in [0.29, 0.717) is 36.6 Å². The monoisotopic (exact) mass is 424 g/mol. The van der Waals surface area contributed by atoms with Gasteiger partial charge in [-0.1, -0.05) is 30.3 Å². The number of anilines is 2. The van der Waals surface area contributed by atoms with Gasteiger partial charge in [-0.15, -0.1) is 0 Å². The molecule has 2 amide bonds. The highest BCUT2D eigenvalue weighted by Gasteiger charge is 2.51. The first kappa shape index (κ1) is 21.3. The maximum absolute atomic E-state index is 14.5. The lowest BCUT2D eigenvalue weighted by atomic mass is 9.77. The molecule has 3 atom stereocenters. The third-order valence-electron chi connectivity index (χ3n) is 6.73. The molecule has 31 heavy (non-hydrogen) atoms. The highest BCUT2D eigenvalue weighted by molar-refractivity contribution is 6.08. The van der Waals surface area contributed by atoms with Crippen LogP contribution in [0.25, 0.3) is 0 Å². The number of hydrogen-bond acceptors (Lipinski definition) is 4. The Morgan fingerprint density at radius 1 is 1.29 bits per heavy atom. The Morgan fingerprint density at radius 3 is 2.71 bits per heavy atom. The van der Waals surface area contributed by atoms with Gasteiger partial charge in [0.25, 0.3) is 0 Å². The fourth-order valence-electron chi connectivity index (χ4n) is 5.04. The highest BCUT2D eigenvalue weighted by atomic mass is 19.1. The summed E-state index contributed by atoms with van der Waals surface area (Å²) in [5, 5.41) is 8.88. The lowest BCUT2D eigenvalue weighted by molar-refractivity contribution is -0.134. The fourth-order valence-corrected chi connectivity index (χ4v) is 5.04. The zero-order valence-electron chi connectivity index (χ0n) is 18.2. The summed E-state index contributed by atoms with van der Waals surface area (Å²) in [4.78, 5) is 28.1. The molecular weight excluding hydrogens is 395 g/mol. The normalized spacial score (nSPS) is 25.6. The molecule has 2 aliphatic rings. The minimum absolute atomic E-state index is 0.0478. The van der Waals surface area contributed by atoms with E-state index in [-0.39, 0.29) is 29.5 Å². The molecule has 1 fully saturated rings. The molecule has 7 heteroatoms. The van der Waals surface area contributed by atoms with Crippen molar-refractivity contribution in [3.63, 3.8) is 0 Å². The Labute approximate surface area is 182 Å². The third kappa shape index (κ3) is 3.57. The Hall–Kier alpha value is -2.93. The molecule has 3 N–H and O–H groups in total. The van der Waals surface area contributed by atoms with Gasteiger partial charge in [-0.3, -0.25) is 14.5 Å². The quantitative estimate of drug-likeness (QED) is 0.689. The summed E-state index contributed by atoms with van der Waals surface area (Å²) >= 11 is 0. The van der Waals surface area contributed by atoms with E-state index in [1.54, 1.807) is 7.05 Å². The number of fused-ring (bicyclic) bond motifs is 1. The van der Waals surface area contributed by atoms with E-state index >= 15 is 0 Å². The first-order valence-corrected chi connectivity index (χ1v) is 10.8. The van der Waals surface area contributed by atoms with E-state index < -0.39 is 5.54 Å². The van der Waals surface area contributed by atoms with Crippen molar-refractivity contribution in [2.75, 3.05) is 37.3 Å². The molecule has 0 spiro atoms. The molecule has 4 rings (SSSR count). The van der Waals surface area contributed by atoms with Crippen LogP contribution in [0.4, 0.5) is 15.8 Å². The number of amides is 2. The molecule has 0 unspecified atom stereocenters. The number of nitrogens with one attached hydrogen (secondary N) is 3. The fraction of sp³-hybridized carbons (Fsp3) is 0.417. The molecule has 1 saturated heterocycles. The predicted molar refractivity (Wildman–Crippen MR) is 119 cm³/mol. The number of rotatable bonds is 5. The summed E-state index contributed by atoms with van der Waals surface area (Å²) in [7, 11) is 1.64. The van der Waals surface area contributed by atoms with E-state index in [2.05, 4.69) is 16.0 Å². The molecule has 0 aliphatic carbocycles. The molecule has 0 saturated carbocycles. The summed E-state index contributed by atoms with van der Waals surface area (Å²) in [6.07, 6.45) is 0.732. The van der Waals surface area contributed by atoms with Gasteiger partial charge in [-0.25, -0.2) is 4.39 Å². The van der Waals surface area contributed by atoms with Crippen molar-refractivity contribution in [3.8, 4) is 0 Å². The van der Waals surface area contributed by atoms with Crippen molar-refractivity contribution < 1.29 is 14.0 Å². The molecule has 2 aromatic carbocycles. The van der Waals surface area contributed by atoms with E-state index in [9.17, 15) is 14.0 Å². The second kappa shape index (κ2) is 8.30. The number of halogens is 1. The van der Waals surface area contributed by atoms with Crippen molar-refractivity contribution >= 4 is 23.2 Å². The second-order valence-electron chi connectivity index (χ2n) is 8.41. The number of benzene rings is 2. The van der Waals surface area contributed by atoms with Gasteiger partial charge in [-0.2, -0.15) is 0 Å². The number of piperidine rings is 1. The van der Waals surface area contributed by atoms with Crippen LogP contribution in [0.5, 0.6) is 0 Å². The summed E-state index contributed by atoms with van der Waals surface area (Å²) in [6, 6.07) is 12.9. The molecule has 164 valence electrons. The number of likely N-dealkylation sites (tertiary alicyclic amines) is 1. The van der Waals surface area contributed by atoms with E-state index in [4.69, 9.17) is 0 Å². The van der Waals surface area contributed by atoms with Gasteiger partial charge >= 0.3 is 0 Å². The van der Waals surface area contributed by atoms with Gasteiger partial charge in [0, 0.05) is 32.2 Å². The Morgan fingerprint density at radius 2 is 2.03 bits per heavy atom. The summed E-state index contributed by atoms with van der Waals surface area (Å²) in [5.41, 5.74) is 1.89. The van der Waals surface area contributed by atoms with Crippen LogP contribution in [0.3, 0.4) is 0 Å². The van der Waals surface area contributed by atoms with Crippen molar-refractivity contribution in [3.05, 3.63) is 59.4 Å². The predicted octanol–water partition coefficient (Wildman–Crippen LogP) is 3.28. The van der Waals surface area contributed by atoms with Crippen molar-refractivity contribution in [1.29, 1.82) is 0 Å². The first-order chi connectivity index (χ1) is 14.9. The van der Waals surface area contributed by atoms with Crippen molar-refractivity contribution in [2.24, 2.45) is 5.92 Å². The van der Waals surface area contributed by atoms with Crippen LogP contribution in [0.2, 0.25) is 0 Å². The SMILES string of the molecule is CCNc1cc(F)cc2c1NC(=O)[C@]2(C)N1CC[C@@H](c2ccccc2)[C@@H](C(=O)NC)C1. The van der Waals surface area contributed by atoms with Crippen molar-refractivity contribution in [1.82, 2.24) is 10.2 Å². The molecule has 2 aliphatic heterocycles. The topological polar surface area (TPSA) is 73.5 Å². The maximum atomic E-state index is 14.5. The lowest BCUT2D eigenvalue weighted by Crippen LogP contribution is -2.56. The van der Waals surface area contributed by atoms with Crippen LogP contribution in [0, 0.1) is 11.7 Å². The first-order valence-electron chi connectivity index (χ1n) is 10.8. The largest absolute Gasteiger partial charge is 0.384 e. The Bertz CT molecular complexity index is 997. The molecule has 0 bridgehead atoms. The van der Waals surface area contributed by atoms with E-state index in [0.717, 1.165) is 12.0 Å². The van der Waals surface area contributed by atoms with E-state index in [1.165, 1.54) is 12.1 Å². The maximum Gasteiger partial charge on any atom is 0.249 e. The van der Waals surface area contributed by atoms with Gasteiger partial charge in [-0.05, 0) is 43.9 Å². The molecule has 0 aromatic heterocycles. The van der Waals surface area contributed by atoms with Gasteiger partial charge in [0.2, 0.25) is 11.8 Å². The Kier molecular flexibility index (Phi) is 5.71. The average Bonchev–Trinajstić information content (AvgIpc) is 3.05. The van der Waals surface area contributed by atoms with Gasteiger partial charge in [0.1, 0.15) is 11.4 Å². The number of carbonyl (C=O) groups is 2. The molecule has 0 radical (unpaired) electrons. The second-order valence-corrected chi connectivity index (χ2v) is 8.41. The molecule has 2 heterocycles. The van der Waals surface area contributed by atoms with Crippen LogP contribution in [0.15, 0.2) is 42.5 Å². The zero-order chi connectivity index (χ0) is 22.2. The number of carbonyl (C=O) groups excluding carboxylic acids is 2. The van der Waals surface area contributed by atoms with Gasteiger partial charge in [0.05, 0.1) is 17.3 Å².